The van der Waals surface area contributed by atoms with Crippen molar-refractivity contribution in [3.8, 4) is 11.8 Å². The van der Waals surface area contributed by atoms with Gasteiger partial charge < -0.3 is 0 Å². The first-order valence-electron chi connectivity index (χ1n) is 7.49. The summed E-state index contributed by atoms with van der Waals surface area (Å²) in [5, 5.41) is 0. The monoisotopic (exact) mass is 299 g/mol. The van der Waals surface area contributed by atoms with E-state index in [1.807, 2.05) is 38.3 Å². The summed E-state index contributed by atoms with van der Waals surface area (Å²) in [5.41, 5.74) is 2.46. The van der Waals surface area contributed by atoms with Gasteiger partial charge in [-0.15, -0.1) is 0 Å². The van der Waals surface area contributed by atoms with Crippen molar-refractivity contribution >= 4 is 5.57 Å². The third-order valence-corrected chi connectivity index (χ3v) is 3.01. The first-order valence-corrected chi connectivity index (χ1v) is 7.49. The van der Waals surface area contributed by atoms with Crippen LogP contribution in [-0.4, -0.2) is 18.5 Å². The molecule has 0 saturated heterocycles. The molecule has 118 valence electrons. The normalized spacial score (nSPS) is 11.6. The van der Waals surface area contributed by atoms with Crippen LogP contribution in [0.25, 0.3) is 5.57 Å². The molecule has 22 heavy (non-hydrogen) atoms. The van der Waals surface area contributed by atoms with Crippen LogP contribution in [0.3, 0.4) is 0 Å². The quantitative estimate of drug-likeness (QED) is 0.699. The lowest BCUT2D eigenvalue weighted by Gasteiger charge is -2.15. The lowest BCUT2D eigenvalue weighted by Crippen LogP contribution is -2.17. The smallest absolute Gasteiger partial charge is 0.130 e. The van der Waals surface area contributed by atoms with E-state index in [-0.39, 0.29) is 11.2 Å². The summed E-state index contributed by atoms with van der Waals surface area (Å²) in [5.74, 6) is 6.01. The lowest BCUT2D eigenvalue weighted by atomic mass is 9.98. The molecule has 0 aliphatic rings. The van der Waals surface area contributed by atoms with Gasteiger partial charge in [0.2, 0.25) is 0 Å². The average molecular weight is 299 g/mol. The maximum absolute atomic E-state index is 13.6. The average Bonchev–Trinajstić information content (AvgIpc) is 2.39. The van der Waals surface area contributed by atoms with Crippen molar-refractivity contribution in [2.75, 3.05) is 13.6 Å². The second-order valence-corrected chi connectivity index (χ2v) is 6.71. The fourth-order valence-corrected chi connectivity index (χ4v) is 1.92. The van der Waals surface area contributed by atoms with Crippen LogP contribution < -0.4 is 0 Å². The summed E-state index contributed by atoms with van der Waals surface area (Å²) in [6, 6.07) is 5.20. The van der Waals surface area contributed by atoms with Crippen LogP contribution in [0.2, 0.25) is 0 Å². The number of hydrogen-bond acceptors (Lipinski definition) is 1. The number of allylic oxidation sites excluding steroid dienone is 2. The van der Waals surface area contributed by atoms with Gasteiger partial charge in [-0.1, -0.05) is 30.6 Å². The zero-order valence-corrected chi connectivity index (χ0v) is 14.3. The summed E-state index contributed by atoms with van der Waals surface area (Å²) in [6.45, 7) is 13.5. The molecule has 2 heteroatoms. The van der Waals surface area contributed by atoms with Gasteiger partial charge in [0.15, 0.2) is 0 Å². The second-order valence-electron chi connectivity index (χ2n) is 6.71. The predicted molar refractivity (Wildman–Crippen MR) is 93.8 cm³/mol. The Hall–Kier alpha value is -1.85. The number of halogens is 1. The van der Waals surface area contributed by atoms with Crippen molar-refractivity contribution in [3.05, 3.63) is 53.9 Å². The third kappa shape index (κ3) is 6.74. The van der Waals surface area contributed by atoms with Crippen LogP contribution in [0.5, 0.6) is 0 Å². The SMILES string of the molecule is C=C(C)c1cc(CN(C)C/C=C/C#CC(C)(C)C)ccc1F. The molecule has 0 N–H and O–H groups in total. The molecule has 0 radical (unpaired) electrons. The van der Waals surface area contributed by atoms with E-state index in [2.05, 4.69) is 44.1 Å². The van der Waals surface area contributed by atoms with E-state index < -0.39 is 0 Å². The molecule has 0 aliphatic carbocycles. The Labute approximate surface area is 134 Å². The van der Waals surface area contributed by atoms with Crippen molar-refractivity contribution in [1.29, 1.82) is 0 Å². The minimum Gasteiger partial charge on any atom is -0.298 e. The zero-order chi connectivity index (χ0) is 16.8. The standard InChI is InChI=1S/C20H26FN/c1-16(2)18-14-17(10-11-19(18)21)15-22(6)13-9-7-8-12-20(3,4)5/h7,9-11,14H,1,13,15H2,2-6H3/b9-7+. The van der Waals surface area contributed by atoms with E-state index in [1.54, 1.807) is 0 Å². The number of rotatable bonds is 5. The van der Waals surface area contributed by atoms with Crippen molar-refractivity contribution in [1.82, 2.24) is 4.90 Å². The molecule has 1 aromatic rings. The van der Waals surface area contributed by atoms with Crippen molar-refractivity contribution in [2.45, 2.75) is 34.2 Å². The van der Waals surface area contributed by atoms with Gasteiger partial charge in [-0.05, 0) is 64.1 Å². The van der Waals surface area contributed by atoms with E-state index in [9.17, 15) is 4.39 Å². The number of benzene rings is 1. The van der Waals surface area contributed by atoms with Crippen molar-refractivity contribution in [2.24, 2.45) is 5.41 Å². The Bertz CT molecular complexity index is 609. The molecule has 1 aromatic carbocycles. The highest BCUT2D eigenvalue weighted by molar-refractivity contribution is 5.62. The molecular weight excluding hydrogens is 273 g/mol. The Morgan fingerprint density at radius 3 is 2.64 bits per heavy atom. The van der Waals surface area contributed by atoms with E-state index in [1.165, 1.54) is 6.07 Å². The molecule has 1 nitrogen and oxygen atoms in total. The Morgan fingerprint density at radius 2 is 2.05 bits per heavy atom. The molecular formula is C20H26FN. The van der Waals surface area contributed by atoms with Gasteiger partial charge in [-0.25, -0.2) is 4.39 Å². The first kappa shape index (κ1) is 18.2. The highest BCUT2D eigenvalue weighted by Crippen LogP contribution is 2.18. The summed E-state index contributed by atoms with van der Waals surface area (Å²) < 4.78 is 13.6. The van der Waals surface area contributed by atoms with Gasteiger partial charge in [-0.2, -0.15) is 0 Å². The molecule has 0 aromatic heterocycles. The molecule has 0 atom stereocenters. The lowest BCUT2D eigenvalue weighted by molar-refractivity contribution is 0.363. The maximum Gasteiger partial charge on any atom is 0.130 e. The summed E-state index contributed by atoms with van der Waals surface area (Å²) >= 11 is 0. The first-order chi connectivity index (χ1) is 10.2. The van der Waals surface area contributed by atoms with Crippen molar-refractivity contribution in [3.63, 3.8) is 0 Å². The van der Waals surface area contributed by atoms with Crippen molar-refractivity contribution < 1.29 is 4.39 Å². The Balaban J connectivity index is 2.60. The third-order valence-electron chi connectivity index (χ3n) is 3.01. The van der Waals surface area contributed by atoms with Gasteiger partial charge in [0.25, 0.3) is 0 Å². The fraction of sp³-hybridized carbons (Fsp3) is 0.400. The summed E-state index contributed by atoms with van der Waals surface area (Å²) in [6.07, 6.45) is 3.94. The zero-order valence-electron chi connectivity index (χ0n) is 14.3. The highest BCUT2D eigenvalue weighted by atomic mass is 19.1. The molecule has 1 rings (SSSR count). The van der Waals surface area contributed by atoms with Crippen LogP contribution in [0.15, 0.2) is 36.9 Å². The molecule has 0 aliphatic heterocycles. The number of nitrogens with zero attached hydrogens (tertiary/aromatic N) is 1. The minimum atomic E-state index is -0.212. The molecule has 0 saturated carbocycles. The van der Waals surface area contributed by atoms with Gasteiger partial charge in [-0.3, -0.25) is 4.90 Å². The molecule has 0 spiro atoms. The second kappa shape index (κ2) is 7.96. The topological polar surface area (TPSA) is 3.24 Å². The van der Waals surface area contributed by atoms with Crippen LogP contribution in [-0.2, 0) is 6.54 Å². The molecule has 0 bridgehead atoms. The minimum absolute atomic E-state index is 0.0311. The van der Waals surface area contributed by atoms with Crippen LogP contribution in [0.1, 0.15) is 38.8 Å². The summed E-state index contributed by atoms with van der Waals surface area (Å²) in [4.78, 5) is 2.16. The van der Waals surface area contributed by atoms with Crippen LogP contribution in [0, 0.1) is 23.1 Å². The summed E-state index contributed by atoms with van der Waals surface area (Å²) in [7, 11) is 2.03. The number of likely N-dealkylation sites (N-methyl/N-ethyl adjacent to an activating group) is 1. The highest BCUT2D eigenvalue weighted by Gasteiger charge is 2.06. The van der Waals surface area contributed by atoms with Gasteiger partial charge in [0.1, 0.15) is 5.82 Å². The fourth-order valence-electron chi connectivity index (χ4n) is 1.92. The predicted octanol–water partition coefficient (Wildman–Crippen LogP) is 4.90. The van der Waals surface area contributed by atoms with E-state index in [4.69, 9.17) is 0 Å². The van der Waals surface area contributed by atoms with Crippen LogP contribution in [0.4, 0.5) is 4.39 Å². The maximum atomic E-state index is 13.6. The Kier molecular flexibility index (Phi) is 6.59. The molecule has 0 unspecified atom stereocenters. The molecule has 0 amide bonds. The molecule has 0 fully saturated rings. The van der Waals surface area contributed by atoms with Gasteiger partial charge in [0.05, 0.1) is 0 Å². The van der Waals surface area contributed by atoms with E-state index >= 15 is 0 Å². The van der Waals surface area contributed by atoms with E-state index in [0.29, 0.717) is 5.56 Å². The van der Waals surface area contributed by atoms with E-state index in [0.717, 1.165) is 24.2 Å². The number of hydrogen-bond donors (Lipinski definition) is 0. The van der Waals surface area contributed by atoms with Gasteiger partial charge >= 0.3 is 0 Å². The van der Waals surface area contributed by atoms with Gasteiger partial charge in [0, 0.05) is 24.1 Å². The largest absolute Gasteiger partial charge is 0.298 e. The Morgan fingerprint density at radius 1 is 1.36 bits per heavy atom. The van der Waals surface area contributed by atoms with Crippen LogP contribution >= 0.6 is 0 Å². The molecule has 0 heterocycles.